The first kappa shape index (κ1) is 15.8. The third-order valence-corrected chi connectivity index (χ3v) is 4.29. The molecule has 0 fully saturated rings. The minimum absolute atomic E-state index is 0.0271. The molecular weight excluding hydrogens is 254 g/mol. The highest BCUT2D eigenvalue weighted by molar-refractivity contribution is 5.46. The molecular formula is C20H27N. The first-order chi connectivity index (χ1) is 10.1. The van der Waals surface area contributed by atoms with Crippen molar-refractivity contribution >= 4 is 0 Å². The second-order valence-corrected chi connectivity index (χ2v) is 5.78. The van der Waals surface area contributed by atoms with E-state index in [1.165, 1.54) is 33.4 Å². The fraction of sp³-hybridized carbons (Fsp3) is 0.400. The Morgan fingerprint density at radius 1 is 0.905 bits per heavy atom. The maximum atomic E-state index is 6.63. The number of nitrogens with two attached hydrogens (primary N) is 1. The number of benzene rings is 2. The molecule has 0 aromatic heterocycles. The zero-order chi connectivity index (χ0) is 15.4. The van der Waals surface area contributed by atoms with Crippen LogP contribution in [0.25, 0.3) is 0 Å². The summed E-state index contributed by atoms with van der Waals surface area (Å²) < 4.78 is 0. The van der Waals surface area contributed by atoms with Gasteiger partial charge in [0.25, 0.3) is 0 Å². The van der Waals surface area contributed by atoms with E-state index in [0.717, 1.165) is 19.3 Å². The summed E-state index contributed by atoms with van der Waals surface area (Å²) in [7, 11) is 0. The average molecular weight is 281 g/mol. The third-order valence-electron chi connectivity index (χ3n) is 4.29. The first-order valence-electron chi connectivity index (χ1n) is 8.07. The van der Waals surface area contributed by atoms with Gasteiger partial charge in [-0.25, -0.2) is 0 Å². The number of hydrogen-bond acceptors (Lipinski definition) is 1. The van der Waals surface area contributed by atoms with E-state index in [1.807, 2.05) is 0 Å². The molecule has 1 nitrogen and oxygen atoms in total. The normalized spacial score (nSPS) is 12.4. The Labute approximate surface area is 129 Å². The molecule has 2 rings (SSSR count). The van der Waals surface area contributed by atoms with Crippen LogP contribution in [0.4, 0.5) is 0 Å². The Bertz CT molecular complexity index is 588. The molecule has 0 aliphatic carbocycles. The van der Waals surface area contributed by atoms with Crippen molar-refractivity contribution in [2.45, 2.75) is 53.0 Å². The van der Waals surface area contributed by atoms with E-state index in [-0.39, 0.29) is 6.04 Å². The van der Waals surface area contributed by atoms with E-state index < -0.39 is 0 Å². The summed E-state index contributed by atoms with van der Waals surface area (Å²) in [6.07, 6.45) is 3.16. The molecule has 0 aliphatic rings. The Morgan fingerprint density at radius 2 is 1.52 bits per heavy atom. The van der Waals surface area contributed by atoms with Crippen LogP contribution in [0.5, 0.6) is 0 Å². The van der Waals surface area contributed by atoms with Gasteiger partial charge in [0.15, 0.2) is 0 Å². The molecule has 112 valence electrons. The monoisotopic (exact) mass is 281 g/mol. The topological polar surface area (TPSA) is 26.0 Å². The van der Waals surface area contributed by atoms with Gasteiger partial charge in [-0.1, -0.05) is 62.7 Å². The van der Waals surface area contributed by atoms with Crippen molar-refractivity contribution in [1.82, 2.24) is 0 Å². The highest BCUT2D eigenvalue weighted by atomic mass is 14.6. The summed E-state index contributed by atoms with van der Waals surface area (Å²) in [5.41, 5.74) is 14.7. The lowest BCUT2D eigenvalue weighted by Gasteiger charge is -2.22. The molecule has 2 aromatic rings. The van der Waals surface area contributed by atoms with Crippen LogP contribution in [0.15, 0.2) is 36.4 Å². The van der Waals surface area contributed by atoms with Crippen LogP contribution in [0.2, 0.25) is 0 Å². The lowest BCUT2D eigenvalue weighted by molar-refractivity contribution is 0.823. The van der Waals surface area contributed by atoms with Crippen molar-refractivity contribution in [1.29, 1.82) is 0 Å². The molecule has 0 spiro atoms. The minimum Gasteiger partial charge on any atom is -0.320 e. The summed E-state index contributed by atoms with van der Waals surface area (Å²) in [6, 6.07) is 13.2. The summed E-state index contributed by atoms with van der Waals surface area (Å²) in [4.78, 5) is 0. The molecule has 1 unspecified atom stereocenters. The lowest BCUT2D eigenvalue weighted by atomic mass is 9.86. The third kappa shape index (κ3) is 3.36. The van der Waals surface area contributed by atoms with Gasteiger partial charge in [0.2, 0.25) is 0 Å². The smallest absolute Gasteiger partial charge is 0.0557 e. The van der Waals surface area contributed by atoms with Gasteiger partial charge in [-0.2, -0.15) is 0 Å². The summed E-state index contributed by atoms with van der Waals surface area (Å²) in [5, 5.41) is 0. The summed E-state index contributed by atoms with van der Waals surface area (Å²) >= 11 is 0. The maximum absolute atomic E-state index is 6.63. The highest BCUT2D eigenvalue weighted by Crippen LogP contribution is 2.29. The minimum atomic E-state index is -0.0271. The quantitative estimate of drug-likeness (QED) is 0.842. The molecule has 1 atom stereocenters. The molecule has 0 saturated carbocycles. The molecule has 2 N–H and O–H groups in total. The largest absolute Gasteiger partial charge is 0.320 e. The van der Waals surface area contributed by atoms with Crippen LogP contribution < -0.4 is 5.73 Å². The Hall–Kier alpha value is -1.60. The molecule has 2 aromatic carbocycles. The van der Waals surface area contributed by atoms with E-state index in [9.17, 15) is 0 Å². The van der Waals surface area contributed by atoms with E-state index in [1.54, 1.807) is 0 Å². The zero-order valence-electron chi connectivity index (χ0n) is 13.7. The van der Waals surface area contributed by atoms with Gasteiger partial charge in [0.05, 0.1) is 6.04 Å². The van der Waals surface area contributed by atoms with Gasteiger partial charge in [-0.3, -0.25) is 0 Å². The number of rotatable bonds is 5. The van der Waals surface area contributed by atoms with Crippen LogP contribution in [0.3, 0.4) is 0 Å². The van der Waals surface area contributed by atoms with Gasteiger partial charge >= 0.3 is 0 Å². The van der Waals surface area contributed by atoms with E-state index in [4.69, 9.17) is 5.73 Å². The molecule has 0 saturated heterocycles. The van der Waals surface area contributed by atoms with Crippen molar-refractivity contribution in [2.24, 2.45) is 5.73 Å². The van der Waals surface area contributed by atoms with Crippen LogP contribution in [0.1, 0.15) is 60.2 Å². The summed E-state index contributed by atoms with van der Waals surface area (Å²) in [6.45, 7) is 8.79. The first-order valence-corrected chi connectivity index (χ1v) is 8.07. The molecule has 0 amide bonds. The second-order valence-electron chi connectivity index (χ2n) is 5.78. The Morgan fingerprint density at radius 3 is 2.00 bits per heavy atom. The lowest BCUT2D eigenvalue weighted by Crippen LogP contribution is -2.17. The molecule has 0 heterocycles. The Balaban J connectivity index is 2.55. The highest BCUT2D eigenvalue weighted by Gasteiger charge is 2.17. The van der Waals surface area contributed by atoms with Crippen molar-refractivity contribution < 1.29 is 0 Å². The maximum Gasteiger partial charge on any atom is 0.0557 e. The molecule has 21 heavy (non-hydrogen) atoms. The fourth-order valence-electron chi connectivity index (χ4n) is 3.07. The number of hydrogen-bond donors (Lipinski definition) is 1. The van der Waals surface area contributed by atoms with E-state index >= 15 is 0 Å². The number of aryl methyl sites for hydroxylation is 4. The standard InChI is InChI=1S/C20H27N/c1-5-15-12-16(6-2)19(17(7-3)13-15)20(21)18-10-8-9-14(4)11-18/h8-13,20H,5-7,21H2,1-4H3. The van der Waals surface area contributed by atoms with Crippen LogP contribution in [-0.4, -0.2) is 0 Å². The van der Waals surface area contributed by atoms with Crippen LogP contribution >= 0.6 is 0 Å². The predicted octanol–water partition coefficient (Wildman–Crippen LogP) is 4.73. The molecule has 0 radical (unpaired) electrons. The molecule has 1 heteroatoms. The second kappa shape index (κ2) is 6.91. The summed E-state index contributed by atoms with van der Waals surface area (Å²) in [5.74, 6) is 0. The van der Waals surface area contributed by atoms with Crippen molar-refractivity contribution in [3.63, 3.8) is 0 Å². The van der Waals surface area contributed by atoms with Crippen LogP contribution in [-0.2, 0) is 19.3 Å². The molecule has 0 bridgehead atoms. The van der Waals surface area contributed by atoms with Gasteiger partial charge in [0, 0.05) is 0 Å². The Kier molecular flexibility index (Phi) is 5.19. The molecule has 0 aliphatic heterocycles. The fourth-order valence-corrected chi connectivity index (χ4v) is 3.07. The predicted molar refractivity (Wildman–Crippen MR) is 91.8 cm³/mol. The average Bonchev–Trinajstić information content (AvgIpc) is 2.52. The van der Waals surface area contributed by atoms with Gasteiger partial charge < -0.3 is 5.73 Å². The van der Waals surface area contributed by atoms with Crippen molar-refractivity contribution in [2.75, 3.05) is 0 Å². The van der Waals surface area contributed by atoms with Crippen molar-refractivity contribution in [3.8, 4) is 0 Å². The zero-order valence-corrected chi connectivity index (χ0v) is 13.7. The van der Waals surface area contributed by atoms with Gasteiger partial charge in [-0.05, 0) is 54.0 Å². The van der Waals surface area contributed by atoms with Crippen molar-refractivity contribution in [3.05, 3.63) is 69.8 Å². The SMILES string of the molecule is CCc1cc(CC)c(C(N)c2cccc(C)c2)c(CC)c1. The van der Waals surface area contributed by atoms with Gasteiger partial charge in [-0.15, -0.1) is 0 Å². The van der Waals surface area contributed by atoms with Gasteiger partial charge in [0.1, 0.15) is 0 Å². The van der Waals surface area contributed by atoms with Crippen LogP contribution in [0, 0.1) is 6.92 Å². The van der Waals surface area contributed by atoms with E-state index in [2.05, 4.69) is 64.1 Å². The van der Waals surface area contributed by atoms with E-state index in [0.29, 0.717) is 0 Å².